The van der Waals surface area contributed by atoms with Gasteiger partial charge in [-0.1, -0.05) is 0 Å². The van der Waals surface area contributed by atoms with E-state index in [1.807, 2.05) is 29.9 Å². The van der Waals surface area contributed by atoms with Crippen molar-refractivity contribution in [2.45, 2.75) is 56.2 Å². The third-order valence-electron chi connectivity index (χ3n) is 7.10. The number of imidazole rings is 1. The summed E-state index contributed by atoms with van der Waals surface area (Å²) in [4.78, 5) is 21.8. The first-order chi connectivity index (χ1) is 14.5. The summed E-state index contributed by atoms with van der Waals surface area (Å²) in [6.07, 6.45) is 9.44. The first kappa shape index (κ1) is 19.6. The van der Waals surface area contributed by atoms with E-state index < -0.39 is 5.60 Å². The van der Waals surface area contributed by atoms with Crippen LogP contribution >= 0.6 is 0 Å². The second-order valence-electron chi connectivity index (χ2n) is 9.15. The number of nitrogens with one attached hydrogen (secondary N) is 1. The Labute approximate surface area is 177 Å². The first-order valence-corrected chi connectivity index (χ1v) is 11.1. The standard InChI is InChI=1S/C23H31N5O2/c1-26-13-10-24-22(26)23(30)14-19-8-9-20(15-23)28(19)16-21(29)25-17-4-6-18(7-5-17)27-11-2-3-12-27/h4-7,10,13,19-20,30H,2-3,8-9,11-12,14-16H2,1H3,(H,25,29)/t19-,20+,23?. The zero-order valence-electron chi connectivity index (χ0n) is 17.6. The minimum absolute atomic E-state index is 0.0169. The molecule has 0 saturated carbocycles. The van der Waals surface area contributed by atoms with Gasteiger partial charge in [0, 0.05) is 56.0 Å². The van der Waals surface area contributed by atoms with Crippen molar-refractivity contribution in [2.75, 3.05) is 29.9 Å². The maximum absolute atomic E-state index is 12.7. The van der Waals surface area contributed by atoms with Gasteiger partial charge < -0.3 is 19.9 Å². The molecule has 3 aliphatic rings. The van der Waals surface area contributed by atoms with Crippen LogP contribution in [0.25, 0.3) is 0 Å². The number of hydrogen-bond donors (Lipinski definition) is 2. The Bertz CT molecular complexity index is 889. The molecule has 1 aromatic carbocycles. The van der Waals surface area contributed by atoms with Gasteiger partial charge in [-0.15, -0.1) is 0 Å². The van der Waals surface area contributed by atoms with E-state index in [1.54, 1.807) is 6.20 Å². The molecule has 4 heterocycles. The molecule has 5 rings (SSSR count). The van der Waals surface area contributed by atoms with Crippen molar-refractivity contribution < 1.29 is 9.90 Å². The van der Waals surface area contributed by atoms with Crippen LogP contribution in [0.1, 0.15) is 44.3 Å². The molecule has 3 atom stereocenters. The minimum Gasteiger partial charge on any atom is -0.382 e. The number of aliphatic hydroxyl groups is 1. The summed E-state index contributed by atoms with van der Waals surface area (Å²) in [5.74, 6) is 0.754. The molecule has 1 unspecified atom stereocenters. The zero-order valence-corrected chi connectivity index (χ0v) is 17.6. The van der Waals surface area contributed by atoms with E-state index in [1.165, 1.54) is 18.5 Å². The van der Waals surface area contributed by atoms with Crippen LogP contribution in [0.3, 0.4) is 0 Å². The van der Waals surface area contributed by atoms with Crippen molar-refractivity contribution in [3.63, 3.8) is 0 Å². The predicted octanol–water partition coefficient (Wildman–Crippen LogP) is 2.47. The highest BCUT2D eigenvalue weighted by atomic mass is 16.3. The Morgan fingerprint density at radius 2 is 1.83 bits per heavy atom. The van der Waals surface area contributed by atoms with E-state index >= 15 is 0 Å². The molecule has 2 aromatic rings. The summed E-state index contributed by atoms with van der Waals surface area (Å²) in [6.45, 7) is 2.61. The van der Waals surface area contributed by atoms with Gasteiger partial charge in [-0.2, -0.15) is 0 Å². The number of carbonyl (C=O) groups excluding carboxylic acids is 1. The van der Waals surface area contributed by atoms with Crippen molar-refractivity contribution >= 4 is 17.3 Å². The summed E-state index contributed by atoms with van der Waals surface area (Å²) >= 11 is 0. The Morgan fingerprint density at radius 1 is 1.17 bits per heavy atom. The van der Waals surface area contributed by atoms with Gasteiger partial charge in [0.2, 0.25) is 5.91 Å². The van der Waals surface area contributed by atoms with Crippen LogP contribution in [-0.2, 0) is 17.4 Å². The molecule has 0 radical (unpaired) electrons. The molecule has 1 amide bonds. The van der Waals surface area contributed by atoms with E-state index in [0.717, 1.165) is 37.4 Å². The minimum atomic E-state index is -0.900. The lowest BCUT2D eigenvalue weighted by molar-refractivity contribution is -0.121. The molecule has 3 saturated heterocycles. The highest BCUT2D eigenvalue weighted by Crippen LogP contribution is 2.45. The fourth-order valence-corrected chi connectivity index (χ4v) is 5.67. The Morgan fingerprint density at radius 3 is 2.43 bits per heavy atom. The Kier molecular flexibility index (Phi) is 5.03. The maximum Gasteiger partial charge on any atom is 0.238 e. The number of anilines is 2. The lowest BCUT2D eigenvalue weighted by Gasteiger charge is -2.43. The molecule has 30 heavy (non-hydrogen) atoms. The highest BCUT2D eigenvalue weighted by Gasteiger charge is 2.50. The Balaban J connectivity index is 1.20. The molecule has 0 aliphatic carbocycles. The normalized spacial score (nSPS) is 28.8. The molecule has 160 valence electrons. The van der Waals surface area contributed by atoms with Gasteiger partial charge in [0.25, 0.3) is 0 Å². The van der Waals surface area contributed by atoms with Crippen LogP contribution in [-0.4, -0.2) is 57.2 Å². The van der Waals surface area contributed by atoms with Crippen molar-refractivity contribution in [3.05, 3.63) is 42.5 Å². The van der Waals surface area contributed by atoms with Crippen LogP contribution < -0.4 is 10.2 Å². The summed E-state index contributed by atoms with van der Waals surface area (Å²) < 4.78 is 1.91. The fourth-order valence-electron chi connectivity index (χ4n) is 5.67. The number of piperidine rings is 1. The average molecular weight is 410 g/mol. The maximum atomic E-state index is 12.7. The summed E-state index contributed by atoms with van der Waals surface area (Å²) in [7, 11) is 1.93. The van der Waals surface area contributed by atoms with Crippen LogP contribution in [0.4, 0.5) is 11.4 Å². The van der Waals surface area contributed by atoms with Gasteiger partial charge in [-0.05, 0) is 62.8 Å². The molecule has 2 N–H and O–H groups in total. The van der Waals surface area contributed by atoms with E-state index in [4.69, 9.17) is 0 Å². The van der Waals surface area contributed by atoms with Crippen LogP contribution in [0.15, 0.2) is 36.7 Å². The third kappa shape index (κ3) is 3.61. The molecule has 1 aromatic heterocycles. The molecular formula is C23H31N5O2. The number of fused-ring (bicyclic) bond motifs is 2. The summed E-state index contributed by atoms with van der Waals surface area (Å²) in [5.41, 5.74) is 1.17. The van der Waals surface area contributed by atoms with E-state index in [0.29, 0.717) is 19.4 Å². The second kappa shape index (κ2) is 7.71. The van der Waals surface area contributed by atoms with Gasteiger partial charge in [-0.3, -0.25) is 9.69 Å². The number of amides is 1. The number of aryl methyl sites for hydroxylation is 1. The predicted molar refractivity (Wildman–Crippen MR) is 116 cm³/mol. The largest absolute Gasteiger partial charge is 0.382 e. The second-order valence-corrected chi connectivity index (χ2v) is 9.15. The number of hydrogen-bond acceptors (Lipinski definition) is 5. The Hall–Kier alpha value is -2.38. The smallest absolute Gasteiger partial charge is 0.238 e. The molecule has 3 aliphatic heterocycles. The molecule has 7 heteroatoms. The van der Waals surface area contributed by atoms with Crippen LogP contribution in [0.5, 0.6) is 0 Å². The van der Waals surface area contributed by atoms with E-state index in [9.17, 15) is 9.90 Å². The molecule has 2 bridgehead atoms. The van der Waals surface area contributed by atoms with Crippen molar-refractivity contribution in [3.8, 4) is 0 Å². The fraction of sp³-hybridized carbons (Fsp3) is 0.565. The summed E-state index contributed by atoms with van der Waals surface area (Å²) in [6, 6.07) is 8.62. The first-order valence-electron chi connectivity index (χ1n) is 11.1. The average Bonchev–Trinajstić information content (AvgIpc) is 3.45. The lowest BCUT2D eigenvalue weighted by atomic mass is 9.85. The molecular weight excluding hydrogens is 378 g/mol. The third-order valence-corrected chi connectivity index (χ3v) is 7.10. The quantitative estimate of drug-likeness (QED) is 0.794. The SMILES string of the molecule is Cn1ccnc1C1(O)C[C@H]2CC[C@@H](C1)N2CC(=O)Nc1ccc(N2CCCC2)cc1. The monoisotopic (exact) mass is 409 g/mol. The van der Waals surface area contributed by atoms with Crippen molar-refractivity contribution in [1.82, 2.24) is 14.5 Å². The van der Waals surface area contributed by atoms with Crippen LogP contribution in [0, 0.1) is 0 Å². The van der Waals surface area contributed by atoms with Crippen molar-refractivity contribution in [1.29, 1.82) is 0 Å². The number of carbonyl (C=O) groups is 1. The topological polar surface area (TPSA) is 73.6 Å². The molecule has 0 spiro atoms. The van der Waals surface area contributed by atoms with E-state index in [2.05, 4.69) is 32.2 Å². The molecule has 3 fully saturated rings. The number of nitrogens with zero attached hydrogens (tertiary/aromatic N) is 4. The molecule has 7 nitrogen and oxygen atoms in total. The number of benzene rings is 1. The van der Waals surface area contributed by atoms with Gasteiger partial charge >= 0.3 is 0 Å². The van der Waals surface area contributed by atoms with E-state index in [-0.39, 0.29) is 18.0 Å². The van der Waals surface area contributed by atoms with Gasteiger partial charge in [-0.25, -0.2) is 4.98 Å². The number of aromatic nitrogens is 2. The van der Waals surface area contributed by atoms with Gasteiger partial charge in [0.1, 0.15) is 11.4 Å². The summed E-state index contributed by atoms with van der Waals surface area (Å²) in [5, 5.41) is 14.3. The highest BCUT2D eigenvalue weighted by molar-refractivity contribution is 5.92. The lowest BCUT2D eigenvalue weighted by Crippen LogP contribution is -2.52. The van der Waals surface area contributed by atoms with Gasteiger partial charge in [0.05, 0.1) is 6.54 Å². The van der Waals surface area contributed by atoms with Gasteiger partial charge in [0.15, 0.2) is 0 Å². The van der Waals surface area contributed by atoms with Crippen molar-refractivity contribution in [2.24, 2.45) is 7.05 Å². The zero-order chi connectivity index (χ0) is 20.7. The van der Waals surface area contributed by atoms with Crippen LogP contribution in [0.2, 0.25) is 0 Å². The number of rotatable bonds is 5.